The molecule has 0 heterocycles. The second kappa shape index (κ2) is 13.1. The Bertz CT molecular complexity index is 355. The molecule has 0 aliphatic heterocycles. The summed E-state index contributed by atoms with van der Waals surface area (Å²) >= 11 is 0. The van der Waals surface area contributed by atoms with Gasteiger partial charge in [0.15, 0.2) is 0 Å². The third-order valence-corrected chi connectivity index (χ3v) is 2.46. The number of aliphatic imine (C=N–C) groups is 1. The zero-order chi connectivity index (χ0) is 14.7. The molecule has 7 heteroatoms. The molecule has 0 saturated carbocycles. The largest absolute Gasteiger partial charge is 1.00 e. The average Bonchev–Trinajstić information content (AvgIpc) is 2.33. The molecule has 0 fully saturated rings. The van der Waals surface area contributed by atoms with E-state index < -0.39 is 23.9 Å². The number of unbranched alkanes of at least 4 members (excludes halogenated alkanes) is 2. The van der Waals surface area contributed by atoms with Gasteiger partial charge in [-0.3, -0.25) is 9.79 Å². The van der Waals surface area contributed by atoms with Crippen molar-refractivity contribution in [2.45, 2.75) is 51.5 Å². The van der Waals surface area contributed by atoms with Gasteiger partial charge in [0.25, 0.3) is 0 Å². The van der Waals surface area contributed by atoms with Crippen molar-refractivity contribution in [1.29, 1.82) is 0 Å². The van der Waals surface area contributed by atoms with Crippen molar-refractivity contribution in [2.24, 2.45) is 4.99 Å². The smallest absolute Gasteiger partial charge is 0.862 e. The van der Waals surface area contributed by atoms with Crippen LogP contribution in [0.2, 0.25) is 0 Å². The summed E-state index contributed by atoms with van der Waals surface area (Å²) in [5.41, 5.74) is 0. The van der Waals surface area contributed by atoms with Gasteiger partial charge < -0.3 is 15.3 Å². The molecule has 0 radical (unpaired) electrons. The van der Waals surface area contributed by atoms with Crippen LogP contribution in [-0.2, 0) is 9.59 Å². The van der Waals surface area contributed by atoms with Crippen LogP contribution in [0, 0.1) is 0 Å². The second-order valence-corrected chi connectivity index (χ2v) is 4.12. The molecule has 0 spiro atoms. The van der Waals surface area contributed by atoms with Crippen LogP contribution in [0.25, 0.3) is 0 Å². The van der Waals surface area contributed by atoms with Crippen molar-refractivity contribution in [2.75, 3.05) is 0 Å². The van der Waals surface area contributed by atoms with Crippen LogP contribution in [0.4, 0.5) is 0 Å². The molecule has 0 rings (SSSR count). The molecule has 0 saturated heterocycles. The first kappa shape index (κ1) is 21.4. The van der Waals surface area contributed by atoms with E-state index >= 15 is 0 Å². The van der Waals surface area contributed by atoms with Crippen LogP contribution in [0.3, 0.4) is 0 Å². The minimum Gasteiger partial charge on any atom is -0.862 e. The quantitative estimate of drug-likeness (QED) is 0.162. The fourth-order valence-electron chi connectivity index (χ4n) is 1.45. The third kappa shape index (κ3) is 12.2. The minimum absolute atomic E-state index is 0. The third-order valence-electron chi connectivity index (χ3n) is 2.46. The summed E-state index contributed by atoms with van der Waals surface area (Å²) in [5.74, 6) is -2.83. The summed E-state index contributed by atoms with van der Waals surface area (Å²) in [4.78, 5) is 24.7. The van der Waals surface area contributed by atoms with Crippen LogP contribution < -0.4 is 34.7 Å². The maximum atomic E-state index is 11.4. The van der Waals surface area contributed by atoms with E-state index in [1.54, 1.807) is 0 Å². The van der Waals surface area contributed by atoms with E-state index in [1.807, 2.05) is 19.1 Å². The van der Waals surface area contributed by atoms with Gasteiger partial charge in [-0.2, -0.15) is 0 Å². The first-order valence-corrected chi connectivity index (χ1v) is 6.26. The number of carbonyl (C=O) groups is 2. The topological polar surface area (TPSA) is 110 Å². The van der Waals surface area contributed by atoms with E-state index in [-0.39, 0.29) is 48.8 Å². The van der Waals surface area contributed by atoms with Gasteiger partial charge in [-0.25, -0.2) is 4.79 Å². The Morgan fingerprint density at radius 1 is 1.25 bits per heavy atom. The Kier molecular flexibility index (Phi) is 14.1. The predicted molar refractivity (Wildman–Crippen MR) is 69.0 cm³/mol. The van der Waals surface area contributed by atoms with Gasteiger partial charge in [0.05, 0.1) is 0 Å². The summed E-state index contributed by atoms with van der Waals surface area (Å²) in [6.45, 7) is 1.92. The molecule has 20 heavy (non-hydrogen) atoms. The maximum absolute atomic E-state index is 11.4. The number of aliphatic carboxylic acids is 2. The second-order valence-electron chi connectivity index (χ2n) is 4.12. The predicted octanol–water partition coefficient (Wildman–Crippen LogP) is -1.80. The van der Waals surface area contributed by atoms with E-state index in [0.717, 1.165) is 12.8 Å². The van der Waals surface area contributed by atoms with Crippen molar-refractivity contribution >= 4 is 17.8 Å². The van der Waals surface area contributed by atoms with E-state index in [4.69, 9.17) is 10.2 Å². The van der Waals surface area contributed by atoms with Crippen molar-refractivity contribution in [3.05, 3.63) is 12.2 Å². The van der Waals surface area contributed by atoms with E-state index in [0.29, 0.717) is 6.42 Å². The normalized spacial score (nSPS) is 12.9. The zero-order valence-corrected chi connectivity index (χ0v) is 14.0. The number of hydrogen-bond acceptors (Lipinski definition) is 4. The van der Waals surface area contributed by atoms with Gasteiger partial charge in [0.2, 0.25) is 0 Å². The Morgan fingerprint density at radius 3 is 2.40 bits per heavy atom. The number of carboxylic acids is 2. The van der Waals surface area contributed by atoms with Gasteiger partial charge in [0.1, 0.15) is 6.04 Å². The molecule has 0 bridgehead atoms. The van der Waals surface area contributed by atoms with Crippen molar-refractivity contribution < 1.29 is 54.5 Å². The van der Waals surface area contributed by atoms with Crippen molar-refractivity contribution in [3.8, 4) is 0 Å². The molecule has 6 nitrogen and oxygen atoms in total. The number of hydrogen-bond donors (Lipinski definition) is 2. The molecule has 0 unspecified atom stereocenters. The Morgan fingerprint density at radius 2 is 1.90 bits per heavy atom. The molecular formula is C13H20NNaO5. The van der Waals surface area contributed by atoms with Crippen molar-refractivity contribution in [1.82, 2.24) is 0 Å². The fourth-order valence-corrected chi connectivity index (χ4v) is 1.45. The van der Waals surface area contributed by atoms with Crippen LogP contribution in [0.15, 0.2) is 17.1 Å². The van der Waals surface area contributed by atoms with E-state index in [9.17, 15) is 14.7 Å². The van der Waals surface area contributed by atoms with Gasteiger partial charge in [-0.15, -0.1) is 0 Å². The van der Waals surface area contributed by atoms with E-state index in [2.05, 4.69) is 4.99 Å². The molecule has 0 aliphatic carbocycles. The van der Waals surface area contributed by atoms with Gasteiger partial charge in [-0.05, 0) is 44.9 Å². The van der Waals surface area contributed by atoms with E-state index in [1.165, 1.54) is 0 Å². The molecule has 108 valence electrons. The number of allylic oxidation sites excluding steroid dienone is 2. The Hall–Kier alpha value is -0.850. The Labute approximate surface area is 140 Å². The van der Waals surface area contributed by atoms with Crippen LogP contribution in [-0.4, -0.2) is 34.1 Å². The summed E-state index contributed by atoms with van der Waals surface area (Å²) in [6, 6.07) is -1.25. The average molecular weight is 293 g/mol. The molecular weight excluding hydrogens is 273 g/mol. The standard InChI is InChI=1S/C13H21NO5.Na/c1-2-3-4-5-6-7-11(15)14-10(13(18)19)8-9-12(16)17;/h2-3,10H,4-9H2,1H3,(H,14,15)(H,16,17)(H,18,19);/q;+1/p-1/b3-2+;/t10-;/m0./s1. The molecule has 0 aromatic carbocycles. The van der Waals surface area contributed by atoms with Crippen LogP contribution in [0.5, 0.6) is 0 Å². The summed E-state index contributed by atoms with van der Waals surface area (Å²) in [7, 11) is 0. The zero-order valence-electron chi connectivity index (χ0n) is 12.0. The summed E-state index contributed by atoms with van der Waals surface area (Å²) in [6.07, 6.45) is 6.03. The first-order valence-electron chi connectivity index (χ1n) is 6.26. The molecule has 1 atom stereocenters. The molecule has 0 aliphatic rings. The van der Waals surface area contributed by atoms with Gasteiger partial charge >= 0.3 is 41.5 Å². The molecule has 0 aromatic heterocycles. The number of nitrogens with zero attached hydrogens (tertiary/aromatic N) is 1. The molecule has 2 N–H and O–H groups in total. The van der Waals surface area contributed by atoms with Crippen LogP contribution in [0.1, 0.15) is 45.4 Å². The maximum Gasteiger partial charge on any atom is 1.00 e. The van der Waals surface area contributed by atoms with Crippen LogP contribution >= 0.6 is 0 Å². The molecule has 0 amide bonds. The molecule has 0 aromatic rings. The summed E-state index contributed by atoms with van der Waals surface area (Å²) in [5, 5.41) is 28.7. The summed E-state index contributed by atoms with van der Waals surface area (Å²) < 4.78 is 0. The Balaban J connectivity index is 0. The fraction of sp³-hybridized carbons (Fsp3) is 0.615. The SMILES string of the molecule is C/C=C/CCCCC([O-])=N[C@@H](CCC(=O)O)C(=O)O.[Na+]. The van der Waals surface area contributed by atoms with Gasteiger partial charge in [-0.1, -0.05) is 12.2 Å². The van der Waals surface area contributed by atoms with Gasteiger partial charge in [0, 0.05) is 6.42 Å². The number of carboxylic acid groups (broad SMARTS) is 2. The first-order chi connectivity index (χ1) is 8.97. The van der Waals surface area contributed by atoms with Crippen molar-refractivity contribution in [3.63, 3.8) is 0 Å². The monoisotopic (exact) mass is 293 g/mol. The minimum atomic E-state index is -1.26. The number of rotatable bonds is 10.